The highest BCUT2D eigenvalue weighted by atomic mass is 32.2. The van der Waals surface area contributed by atoms with Crippen LogP contribution in [-0.4, -0.2) is 46.9 Å². The molecule has 2 amide bonds. The highest BCUT2D eigenvalue weighted by Crippen LogP contribution is 2.28. The normalized spacial score (nSPS) is 17.0. The van der Waals surface area contributed by atoms with Crippen LogP contribution < -0.4 is 10.6 Å². The van der Waals surface area contributed by atoms with Gasteiger partial charge in [-0.25, -0.2) is 17.4 Å². The Morgan fingerprint density at radius 1 is 1.10 bits per heavy atom. The van der Waals surface area contributed by atoms with Gasteiger partial charge in [0.25, 0.3) is 5.91 Å². The highest BCUT2D eigenvalue weighted by Gasteiger charge is 2.24. The molecule has 0 atom stereocenters. The van der Waals surface area contributed by atoms with Crippen molar-refractivity contribution in [3.8, 4) is 0 Å². The summed E-state index contributed by atoms with van der Waals surface area (Å²) in [4.78, 5) is 29.8. The van der Waals surface area contributed by atoms with Crippen LogP contribution in [-0.2, 0) is 21.4 Å². The number of aliphatic hydroxyl groups excluding tert-OH is 1. The first-order valence-corrected chi connectivity index (χ1v) is 15.1. The fourth-order valence-corrected chi connectivity index (χ4v) is 5.74. The van der Waals surface area contributed by atoms with Crippen LogP contribution in [0.5, 0.6) is 0 Å². The number of nitrogens with zero attached hydrogens (tertiary/aromatic N) is 2. The molecule has 1 aliphatic carbocycles. The fraction of sp³-hybridized carbons (Fsp3) is 0.323. The molecule has 2 heterocycles. The number of aromatic nitrogens is 1. The van der Waals surface area contributed by atoms with Crippen LogP contribution in [0.3, 0.4) is 0 Å². The van der Waals surface area contributed by atoms with Gasteiger partial charge >= 0.3 is 0 Å². The number of amidine groups is 1. The summed E-state index contributed by atoms with van der Waals surface area (Å²) < 4.78 is 25.9. The molecule has 9 nitrogen and oxygen atoms in total. The van der Waals surface area contributed by atoms with E-state index in [9.17, 15) is 23.1 Å². The third kappa shape index (κ3) is 7.20. The SMILES string of the molecule is CC1=CCC/C(C)=C/C(c2cccc(C3=CCC(NC(=O)CNC(=O)c4cc(CO)n(S(=O)(=O)C(C)C)c4)=N3)c2)=C1. The van der Waals surface area contributed by atoms with Gasteiger partial charge in [-0.05, 0) is 63.8 Å². The molecule has 0 spiro atoms. The number of nitrogens with one attached hydrogen (secondary N) is 2. The van der Waals surface area contributed by atoms with Gasteiger partial charge in [0.15, 0.2) is 0 Å². The summed E-state index contributed by atoms with van der Waals surface area (Å²) in [6, 6.07) is 9.45. The number of hydrogen-bond donors (Lipinski definition) is 3. The number of benzene rings is 1. The van der Waals surface area contributed by atoms with Gasteiger partial charge in [0, 0.05) is 18.2 Å². The largest absolute Gasteiger partial charge is 0.390 e. The predicted octanol–water partition coefficient (Wildman–Crippen LogP) is 4.33. The number of amides is 2. The second kappa shape index (κ2) is 12.7. The number of rotatable bonds is 8. The Balaban J connectivity index is 1.39. The summed E-state index contributed by atoms with van der Waals surface area (Å²) in [7, 11) is -3.76. The molecule has 3 N–H and O–H groups in total. The van der Waals surface area contributed by atoms with Crippen molar-refractivity contribution in [2.24, 2.45) is 4.99 Å². The lowest BCUT2D eigenvalue weighted by Crippen LogP contribution is -2.39. The first kappa shape index (κ1) is 30.0. The Bertz CT molecular complexity index is 1620. The topological polar surface area (TPSA) is 130 Å². The van der Waals surface area contributed by atoms with E-state index < -0.39 is 33.7 Å². The molecule has 0 bridgehead atoms. The molecule has 10 heteroatoms. The summed E-state index contributed by atoms with van der Waals surface area (Å²) in [5, 5.41) is 14.0. The van der Waals surface area contributed by atoms with E-state index in [2.05, 4.69) is 59.8 Å². The minimum Gasteiger partial charge on any atom is -0.390 e. The van der Waals surface area contributed by atoms with Gasteiger partial charge in [0.1, 0.15) is 5.84 Å². The van der Waals surface area contributed by atoms with Crippen molar-refractivity contribution in [2.45, 2.75) is 58.8 Å². The fourth-order valence-electron chi connectivity index (χ4n) is 4.59. The van der Waals surface area contributed by atoms with E-state index in [1.807, 2.05) is 18.2 Å². The third-order valence-electron chi connectivity index (χ3n) is 6.87. The van der Waals surface area contributed by atoms with Crippen LogP contribution in [0.4, 0.5) is 0 Å². The molecule has 0 unspecified atom stereocenters. The minimum atomic E-state index is -3.76. The van der Waals surface area contributed by atoms with E-state index in [4.69, 9.17) is 0 Å². The summed E-state index contributed by atoms with van der Waals surface area (Å²) in [6.07, 6.45) is 12.3. The molecule has 1 aliphatic heterocycles. The van der Waals surface area contributed by atoms with Crippen LogP contribution in [0.2, 0.25) is 0 Å². The molecular weight excluding hydrogens is 540 g/mol. The molecule has 1 aromatic carbocycles. The van der Waals surface area contributed by atoms with E-state index in [1.165, 1.54) is 31.1 Å². The number of aliphatic hydroxyl groups is 1. The molecule has 0 saturated heterocycles. The average Bonchev–Trinajstić information content (AvgIpc) is 3.58. The summed E-state index contributed by atoms with van der Waals surface area (Å²) >= 11 is 0. The Hall–Kier alpha value is -4.02. The lowest BCUT2D eigenvalue weighted by Gasteiger charge is -2.11. The van der Waals surface area contributed by atoms with Crippen LogP contribution >= 0.6 is 0 Å². The Morgan fingerprint density at radius 2 is 1.85 bits per heavy atom. The van der Waals surface area contributed by atoms with E-state index >= 15 is 0 Å². The van der Waals surface area contributed by atoms with Gasteiger partial charge < -0.3 is 15.7 Å². The Kier molecular flexibility index (Phi) is 9.25. The quantitative estimate of drug-likeness (QED) is 0.431. The molecule has 0 radical (unpaired) electrons. The molecule has 0 fully saturated rings. The zero-order valence-electron chi connectivity index (χ0n) is 23.8. The van der Waals surface area contributed by atoms with E-state index in [-0.39, 0.29) is 17.8 Å². The first-order chi connectivity index (χ1) is 19.5. The van der Waals surface area contributed by atoms with Crippen LogP contribution in [0.1, 0.15) is 74.1 Å². The smallest absolute Gasteiger partial charge is 0.253 e. The van der Waals surface area contributed by atoms with Gasteiger partial charge in [-0.15, -0.1) is 0 Å². The number of aliphatic imine (C=N–C) groups is 1. The van der Waals surface area contributed by atoms with E-state index in [0.29, 0.717) is 12.3 Å². The standard InChI is InChI=1S/C31H36N4O5S/c1-20(2)41(39,40)35-18-26(16-27(35)19-36)31(38)32-17-30(37)34-29-12-11-28(33-29)24-10-6-9-23(15-24)25-13-21(3)7-5-8-22(4)14-25/h6-7,9-11,13-16,18,20,36H,5,8,12,17,19H2,1-4H3,(H,32,38)(H,33,34,37)/b21-7?,22-14+,25-13?. The number of carbonyl (C=O) groups is 2. The van der Waals surface area contributed by atoms with Crippen molar-refractivity contribution in [3.05, 3.63) is 94.4 Å². The van der Waals surface area contributed by atoms with Crippen molar-refractivity contribution in [1.29, 1.82) is 0 Å². The van der Waals surface area contributed by atoms with Crippen LogP contribution in [0, 0.1) is 0 Å². The second-order valence-corrected chi connectivity index (χ2v) is 12.9. The summed E-state index contributed by atoms with van der Waals surface area (Å²) in [5.41, 5.74) is 6.60. The van der Waals surface area contributed by atoms with Crippen LogP contribution in [0.15, 0.2) is 77.0 Å². The Labute approximate surface area is 241 Å². The van der Waals surface area contributed by atoms with Crippen molar-refractivity contribution in [1.82, 2.24) is 14.6 Å². The van der Waals surface area contributed by atoms with Crippen molar-refractivity contribution < 1.29 is 23.1 Å². The van der Waals surface area contributed by atoms with Gasteiger partial charge in [-0.1, -0.05) is 53.6 Å². The van der Waals surface area contributed by atoms with Gasteiger partial charge in [0.2, 0.25) is 15.9 Å². The molecule has 2 aromatic rings. The van der Waals surface area contributed by atoms with Crippen LogP contribution in [0.25, 0.3) is 11.3 Å². The summed E-state index contributed by atoms with van der Waals surface area (Å²) in [5.74, 6) is -0.616. The lowest BCUT2D eigenvalue weighted by molar-refractivity contribution is -0.118. The monoisotopic (exact) mass is 576 g/mol. The van der Waals surface area contributed by atoms with Crippen molar-refractivity contribution in [2.75, 3.05) is 6.54 Å². The molecule has 41 heavy (non-hydrogen) atoms. The maximum atomic E-state index is 12.6. The predicted molar refractivity (Wildman–Crippen MR) is 161 cm³/mol. The van der Waals surface area contributed by atoms with Gasteiger partial charge in [0.05, 0.1) is 35.4 Å². The van der Waals surface area contributed by atoms with Crippen molar-refractivity contribution in [3.63, 3.8) is 0 Å². The van der Waals surface area contributed by atoms with E-state index in [1.54, 1.807) is 0 Å². The zero-order chi connectivity index (χ0) is 29.7. The molecule has 2 aliphatic rings. The number of allylic oxidation sites excluding steroid dienone is 6. The van der Waals surface area contributed by atoms with Gasteiger partial charge in [-0.3, -0.25) is 9.59 Å². The summed E-state index contributed by atoms with van der Waals surface area (Å²) in [6.45, 7) is 6.40. The maximum absolute atomic E-state index is 12.6. The molecular formula is C31H36N4O5S. The maximum Gasteiger partial charge on any atom is 0.253 e. The van der Waals surface area contributed by atoms with Gasteiger partial charge in [-0.2, -0.15) is 0 Å². The number of carbonyl (C=O) groups excluding carboxylic acids is 2. The minimum absolute atomic E-state index is 0.0308. The van der Waals surface area contributed by atoms with E-state index in [0.717, 1.165) is 45.4 Å². The molecule has 216 valence electrons. The first-order valence-electron chi connectivity index (χ1n) is 13.6. The number of hydrogen-bond acceptors (Lipinski definition) is 6. The third-order valence-corrected chi connectivity index (χ3v) is 8.95. The average molecular weight is 577 g/mol. The highest BCUT2D eigenvalue weighted by molar-refractivity contribution is 7.90. The molecule has 0 saturated carbocycles. The lowest BCUT2D eigenvalue weighted by atomic mass is 9.95. The second-order valence-electron chi connectivity index (χ2n) is 10.5. The molecule has 4 rings (SSSR count). The Morgan fingerprint density at radius 3 is 2.59 bits per heavy atom. The van der Waals surface area contributed by atoms with Crippen molar-refractivity contribution >= 4 is 38.9 Å². The zero-order valence-corrected chi connectivity index (χ0v) is 24.6. The molecule has 1 aromatic heterocycles.